The van der Waals surface area contributed by atoms with Crippen molar-refractivity contribution in [3.63, 3.8) is 0 Å². The Balaban J connectivity index is 2.17. The molecule has 0 saturated heterocycles. The number of nitro benzene ring substituents is 1. The van der Waals surface area contributed by atoms with Crippen molar-refractivity contribution >= 4 is 11.4 Å². The minimum Gasteiger partial charge on any atom is -0.491 e. The van der Waals surface area contributed by atoms with Crippen molar-refractivity contribution in [1.29, 1.82) is 0 Å². The Labute approximate surface area is 116 Å². The molecule has 0 aliphatic rings. The average molecular weight is 276 g/mol. The molecule has 0 atom stereocenters. The summed E-state index contributed by atoms with van der Waals surface area (Å²) in [4.78, 5) is 10.5. The molecule has 0 radical (unpaired) electrons. The first kappa shape index (κ1) is 13.9. The summed E-state index contributed by atoms with van der Waals surface area (Å²) >= 11 is 0. The third kappa shape index (κ3) is 3.71. The van der Waals surface area contributed by atoms with Gasteiger partial charge in [0.2, 0.25) is 0 Å². The van der Waals surface area contributed by atoms with Crippen LogP contribution in [0, 0.1) is 10.1 Å². The van der Waals surface area contributed by atoms with Gasteiger partial charge in [-0.1, -0.05) is 0 Å². The van der Waals surface area contributed by atoms with E-state index in [9.17, 15) is 10.1 Å². The lowest BCUT2D eigenvalue weighted by Crippen LogP contribution is -2.07. The molecular formula is C13H16N4O3. The van der Waals surface area contributed by atoms with Crippen LogP contribution in [0.5, 0.6) is 5.75 Å². The second-order valence-electron chi connectivity index (χ2n) is 4.60. The van der Waals surface area contributed by atoms with E-state index < -0.39 is 4.92 Å². The molecule has 0 spiro atoms. The van der Waals surface area contributed by atoms with E-state index in [0.717, 1.165) is 5.56 Å². The van der Waals surface area contributed by atoms with Gasteiger partial charge in [0.25, 0.3) is 5.69 Å². The number of aromatic amines is 1. The smallest absolute Gasteiger partial charge is 0.275 e. The fourth-order valence-corrected chi connectivity index (χ4v) is 1.71. The molecule has 106 valence electrons. The van der Waals surface area contributed by atoms with Crippen molar-refractivity contribution in [1.82, 2.24) is 10.2 Å². The van der Waals surface area contributed by atoms with Crippen LogP contribution in [0.1, 0.15) is 19.4 Å². The molecule has 0 unspecified atom stereocenters. The maximum atomic E-state index is 10.9. The number of H-pyrrole nitrogens is 1. The first-order chi connectivity index (χ1) is 9.54. The molecule has 7 nitrogen and oxygen atoms in total. The van der Waals surface area contributed by atoms with Crippen LogP contribution in [0.15, 0.2) is 30.6 Å². The fourth-order valence-electron chi connectivity index (χ4n) is 1.71. The summed E-state index contributed by atoms with van der Waals surface area (Å²) < 4.78 is 5.52. The summed E-state index contributed by atoms with van der Waals surface area (Å²) in [6.07, 6.45) is 3.41. The number of non-ortho nitro benzene ring substituents is 1. The third-order valence-corrected chi connectivity index (χ3v) is 2.53. The Bertz CT molecular complexity index is 581. The lowest BCUT2D eigenvalue weighted by Gasteiger charge is -2.12. The van der Waals surface area contributed by atoms with E-state index in [1.807, 2.05) is 13.8 Å². The summed E-state index contributed by atoms with van der Waals surface area (Å²) in [6, 6.07) is 4.64. The van der Waals surface area contributed by atoms with E-state index >= 15 is 0 Å². The van der Waals surface area contributed by atoms with Crippen molar-refractivity contribution in [2.45, 2.75) is 26.5 Å². The van der Waals surface area contributed by atoms with Gasteiger partial charge in [0.15, 0.2) is 0 Å². The Morgan fingerprint density at radius 3 is 2.85 bits per heavy atom. The molecule has 20 heavy (non-hydrogen) atoms. The SMILES string of the molecule is CC(C)Oc1cc(NCc2cn[nH]c2)cc([N+](=O)[O-])c1. The molecule has 0 amide bonds. The molecule has 1 heterocycles. The molecule has 1 aromatic carbocycles. The largest absolute Gasteiger partial charge is 0.491 e. The predicted octanol–water partition coefficient (Wildman–Crippen LogP) is 2.72. The first-order valence-corrected chi connectivity index (χ1v) is 6.22. The zero-order chi connectivity index (χ0) is 14.5. The zero-order valence-electron chi connectivity index (χ0n) is 11.3. The second-order valence-corrected chi connectivity index (χ2v) is 4.60. The van der Waals surface area contributed by atoms with Crippen LogP contribution in [-0.2, 0) is 6.54 Å². The minimum absolute atomic E-state index is 0.00200. The zero-order valence-corrected chi connectivity index (χ0v) is 11.3. The Morgan fingerprint density at radius 1 is 1.45 bits per heavy atom. The number of aromatic nitrogens is 2. The van der Waals surface area contributed by atoms with Gasteiger partial charge in [-0.15, -0.1) is 0 Å². The highest BCUT2D eigenvalue weighted by Gasteiger charge is 2.11. The van der Waals surface area contributed by atoms with Gasteiger partial charge < -0.3 is 10.1 Å². The van der Waals surface area contributed by atoms with Crippen molar-refractivity contribution in [3.05, 3.63) is 46.3 Å². The van der Waals surface area contributed by atoms with Crippen LogP contribution >= 0.6 is 0 Å². The van der Waals surface area contributed by atoms with E-state index in [4.69, 9.17) is 4.74 Å². The number of hydrogen-bond donors (Lipinski definition) is 2. The lowest BCUT2D eigenvalue weighted by molar-refractivity contribution is -0.384. The summed E-state index contributed by atoms with van der Waals surface area (Å²) in [6.45, 7) is 4.27. The van der Waals surface area contributed by atoms with E-state index in [1.54, 1.807) is 18.5 Å². The number of anilines is 1. The molecule has 0 aliphatic heterocycles. The van der Waals surface area contributed by atoms with Gasteiger partial charge in [-0.05, 0) is 13.8 Å². The normalized spacial score (nSPS) is 10.6. The van der Waals surface area contributed by atoms with Gasteiger partial charge in [-0.2, -0.15) is 5.10 Å². The summed E-state index contributed by atoms with van der Waals surface area (Å²) in [5, 5.41) is 20.6. The Hall–Kier alpha value is -2.57. The summed E-state index contributed by atoms with van der Waals surface area (Å²) in [5.74, 6) is 0.476. The maximum Gasteiger partial charge on any atom is 0.275 e. The second kappa shape index (κ2) is 6.05. The topological polar surface area (TPSA) is 93.1 Å². The van der Waals surface area contributed by atoms with Crippen LogP contribution in [0.3, 0.4) is 0 Å². The molecule has 2 rings (SSSR count). The summed E-state index contributed by atoms with van der Waals surface area (Å²) in [5.41, 5.74) is 1.59. The highest BCUT2D eigenvalue weighted by molar-refractivity contribution is 5.56. The average Bonchev–Trinajstić information content (AvgIpc) is 2.88. The van der Waals surface area contributed by atoms with Crippen LogP contribution in [0.2, 0.25) is 0 Å². The van der Waals surface area contributed by atoms with Crippen LogP contribution in [-0.4, -0.2) is 21.2 Å². The molecule has 2 N–H and O–H groups in total. The summed E-state index contributed by atoms with van der Waals surface area (Å²) in [7, 11) is 0. The molecule has 0 aliphatic carbocycles. The predicted molar refractivity (Wildman–Crippen MR) is 74.8 cm³/mol. The lowest BCUT2D eigenvalue weighted by atomic mass is 10.2. The van der Waals surface area contributed by atoms with Crippen molar-refractivity contribution in [2.24, 2.45) is 0 Å². The molecule has 2 aromatic rings. The molecule has 0 bridgehead atoms. The highest BCUT2D eigenvalue weighted by Crippen LogP contribution is 2.27. The number of rotatable bonds is 6. The highest BCUT2D eigenvalue weighted by atomic mass is 16.6. The van der Waals surface area contributed by atoms with Gasteiger partial charge in [0, 0.05) is 36.1 Å². The van der Waals surface area contributed by atoms with Crippen molar-refractivity contribution < 1.29 is 9.66 Å². The number of nitrogens with zero attached hydrogens (tertiary/aromatic N) is 2. The van der Waals surface area contributed by atoms with Gasteiger partial charge in [-0.25, -0.2) is 0 Å². The van der Waals surface area contributed by atoms with E-state index in [0.29, 0.717) is 18.0 Å². The van der Waals surface area contributed by atoms with Crippen LogP contribution < -0.4 is 10.1 Å². The van der Waals surface area contributed by atoms with E-state index in [1.165, 1.54) is 12.1 Å². The number of ether oxygens (including phenoxy) is 1. The minimum atomic E-state index is -0.434. The third-order valence-electron chi connectivity index (χ3n) is 2.53. The van der Waals surface area contributed by atoms with Gasteiger partial charge in [-0.3, -0.25) is 15.2 Å². The molecule has 0 fully saturated rings. The Kier molecular flexibility index (Phi) is 4.19. The molecule has 7 heteroatoms. The molecule has 1 aromatic heterocycles. The number of nitro groups is 1. The van der Waals surface area contributed by atoms with Crippen LogP contribution in [0.4, 0.5) is 11.4 Å². The molecular weight excluding hydrogens is 260 g/mol. The van der Waals surface area contributed by atoms with Crippen LogP contribution in [0.25, 0.3) is 0 Å². The molecule has 0 saturated carbocycles. The number of hydrogen-bond acceptors (Lipinski definition) is 5. The number of nitrogens with one attached hydrogen (secondary N) is 2. The van der Waals surface area contributed by atoms with Gasteiger partial charge in [0.05, 0.1) is 23.3 Å². The van der Waals surface area contributed by atoms with Gasteiger partial charge in [0.1, 0.15) is 5.75 Å². The van der Waals surface area contributed by atoms with Gasteiger partial charge >= 0.3 is 0 Å². The Morgan fingerprint density at radius 2 is 2.25 bits per heavy atom. The maximum absolute atomic E-state index is 10.9. The van der Waals surface area contributed by atoms with E-state index in [2.05, 4.69) is 15.5 Å². The van der Waals surface area contributed by atoms with Crippen molar-refractivity contribution in [2.75, 3.05) is 5.32 Å². The standard InChI is InChI=1S/C13H16N4O3/c1-9(2)20-13-4-11(3-12(5-13)17(18)19)14-6-10-7-15-16-8-10/h3-5,7-9,14H,6H2,1-2H3,(H,15,16). The van der Waals surface area contributed by atoms with Crippen molar-refractivity contribution in [3.8, 4) is 5.75 Å². The monoisotopic (exact) mass is 276 g/mol. The number of benzene rings is 1. The fraction of sp³-hybridized carbons (Fsp3) is 0.308. The van der Waals surface area contributed by atoms with E-state index in [-0.39, 0.29) is 11.8 Å². The quantitative estimate of drug-likeness (QED) is 0.625. The first-order valence-electron chi connectivity index (χ1n) is 6.22.